The molecule has 0 unspecified atom stereocenters. The zero-order valence-corrected chi connectivity index (χ0v) is 25.3. The van der Waals surface area contributed by atoms with Gasteiger partial charge in [-0.2, -0.15) is 0 Å². The first-order valence-electron chi connectivity index (χ1n) is 14.2. The molecular formula is C31H40N4O5S. The van der Waals surface area contributed by atoms with Gasteiger partial charge in [-0.1, -0.05) is 68.4 Å². The van der Waals surface area contributed by atoms with Crippen LogP contribution in [0.1, 0.15) is 63.3 Å². The lowest BCUT2D eigenvalue weighted by Gasteiger charge is -2.32. The number of nitrogens with zero attached hydrogens (tertiary/aromatic N) is 3. The maximum absolute atomic E-state index is 14.2. The van der Waals surface area contributed by atoms with Crippen LogP contribution >= 0.6 is 0 Å². The monoisotopic (exact) mass is 580 g/mol. The summed E-state index contributed by atoms with van der Waals surface area (Å²) in [6.45, 7) is 9.82. The lowest BCUT2D eigenvalue weighted by Crippen LogP contribution is -2.50. The van der Waals surface area contributed by atoms with E-state index in [-0.39, 0.29) is 23.3 Å². The van der Waals surface area contributed by atoms with Crippen LogP contribution in [-0.2, 0) is 26.2 Å². The minimum Gasteiger partial charge on any atom is -0.368 e. The third-order valence-corrected chi connectivity index (χ3v) is 9.42. The second kappa shape index (κ2) is 12.5. The van der Waals surface area contributed by atoms with Gasteiger partial charge in [-0.15, -0.1) is 0 Å². The Hall–Kier alpha value is -3.66. The lowest BCUT2D eigenvalue weighted by atomic mass is 9.99. The summed E-state index contributed by atoms with van der Waals surface area (Å²) in [6.07, 6.45) is 2.95. The summed E-state index contributed by atoms with van der Waals surface area (Å²) in [5.41, 5.74) is 8.49. The zero-order chi connectivity index (χ0) is 29.9. The molecule has 0 spiro atoms. The summed E-state index contributed by atoms with van der Waals surface area (Å²) in [5, 5.41) is 4.10. The molecule has 1 aliphatic carbocycles. The van der Waals surface area contributed by atoms with Crippen LogP contribution in [0.5, 0.6) is 0 Å². The highest BCUT2D eigenvalue weighted by Gasteiger charge is 2.36. The topological polar surface area (TPSA) is 127 Å². The maximum Gasteiger partial charge on any atom is 0.266 e. The molecule has 1 saturated carbocycles. The smallest absolute Gasteiger partial charge is 0.266 e. The van der Waals surface area contributed by atoms with Crippen molar-refractivity contribution in [2.24, 2.45) is 17.6 Å². The van der Waals surface area contributed by atoms with E-state index in [1.165, 1.54) is 4.31 Å². The fourth-order valence-electron chi connectivity index (χ4n) is 5.05. The fourth-order valence-corrected chi connectivity index (χ4v) is 6.81. The van der Waals surface area contributed by atoms with E-state index in [9.17, 15) is 18.0 Å². The average Bonchev–Trinajstić information content (AvgIpc) is 3.70. The molecule has 0 radical (unpaired) electrons. The quantitative estimate of drug-likeness (QED) is 0.296. The maximum atomic E-state index is 14.2. The number of sulfonamides is 1. The van der Waals surface area contributed by atoms with Crippen molar-refractivity contribution in [3.63, 3.8) is 0 Å². The molecule has 3 aromatic rings. The standard InChI is InChI=1S/C31H40N4O5S/c1-6-9-28(36)34(29(20(2)3)30(32)37)18-23-14-16-25(17-15-23)26-10-7-8-11-27(26)41(38,39)35(19-24-12-13-24)31-21(4)22(5)40-33-31/h7-8,10-11,14-17,20,24,29H,6,9,12-13,18-19H2,1-5H3,(H2,32,37)/t29-/m0/s1. The van der Waals surface area contributed by atoms with Crippen molar-refractivity contribution in [1.82, 2.24) is 10.1 Å². The van der Waals surface area contributed by atoms with Crippen molar-refractivity contribution in [3.8, 4) is 11.1 Å². The van der Waals surface area contributed by atoms with Crippen LogP contribution in [0, 0.1) is 25.7 Å². The minimum absolute atomic E-state index is 0.125. The molecule has 2 aromatic carbocycles. The van der Waals surface area contributed by atoms with E-state index in [4.69, 9.17) is 10.3 Å². The minimum atomic E-state index is -3.97. The van der Waals surface area contributed by atoms with Gasteiger partial charge < -0.3 is 15.2 Å². The molecule has 0 saturated heterocycles. The fraction of sp³-hybridized carbons (Fsp3) is 0.452. The molecule has 1 aliphatic rings. The van der Waals surface area contributed by atoms with Crippen LogP contribution < -0.4 is 10.0 Å². The van der Waals surface area contributed by atoms with E-state index < -0.39 is 22.0 Å². The van der Waals surface area contributed by atoms with Gasteiger partial charge in [-0.05, 0) is 62.1 Å². The third-order valence-electron chi connectivity index (χ3n) is 7.61. The summed E-state index contributed by atoms with van der Waals surface area (Å²) in [5.74, 6) is 0.405. The Morgan fingerprint density at radius 3 is 2.27 bits per heavy atom. The summed E-state index contributed by atoms with van der Waals surface area (Å²) < 4.78 is 35.0. The Morgan fingerprint density at radius 2 is 1.73 bits per heavy atom. The molecule has 0 bridgehead atoms. The zero-order valence-electron chi connectivity index (χ0n) is 24.5. The van der Waals surface area contributed by atoms with Crippen molar-refractivity contribution < 1.29 is 22.5 Å². The van der Waals surface area contributed by atoms with E-state index >= 15 is 0 Å². The van der Waals surface area contributed by atoms with Gasteiger partial charge in [-0.25, -0.2) is 12.7 Å². The largest absolute Gasteiger partial charge is 0.368 e. The Labute approximate surface area is 242 Å². The molecule has 10 heteroatoms. The van der Waals surface area contributed by atoms with E-state index in [0.29, 0.717) is 53.6 Å². The van der Waals surface area contributed by atoms with Crippen LogP contribution in [0.3, 0.4) is 0 Å². The number of anilines is 1. The molecule has 1 fully saturated rings. The molecule has 1 heterocycles. The normalized spacial score (nSPS) is 14.2. The van der Waals surface area contributed by atoms with Crippen molar-refractivity contribution in [1.29, 1.82) is 0 Å². The highest BCUT2D eigenvalue weighted by molar-refractivity contribution is 7.93. The number of carbonyl (C=O) groups is 2. The first-order valence-corrected chi connectivity index (χ1v) is 15.6. The number of aryl methyl sites for hydroxylation is 1. The predicted molar refractivity (Wildman–Crippen MR) is 158 cm³/mol. The highest BCUT2D eigenvalue weighted by atomic mass is 32.2. The Balaban J connectivity index is 1.68. The van der Waals surface area contributed by atoms with Crippen molar-refractivity contribution in [2.45, 2.75) is 77.8 Å². The van der Waals surface area contributed by atoms with E-state index in [1.54, 1.807) is 30.0 Å². The average molecular weight is 581 g/mol. The highest BCUT2D eigenvalue weighted by Crippen LogP contribution is 2.38. The van der Waals surface area contributed by atoms with Crippen molar-refractivity contribution in [2.75, 3.05) is 10.8 Å². The summed E-state index contributed by atoms with van der Waals surface area (Å²) in [7, 11) is -3.97. The molecule has 0 aliphatic heterocycles. The Bertz CT molecular complexity index is 1490. The number of rotatable bonds is 13. The number of hydrogen-bond acceptors (Lipinski definition) is 6. The molecule has 4 rings (SSSR count). The predicted octanol–water partition coefficient (Wildman–Crippen LogP) is 5.20. The molecule has 1 atom stereocenters. The summed E-state index contributed by atoms with van der Waals surface area (Å²) in [6, 6.07) is 13.6. The number of primary amides is 1. The van der Waals surface area contributed by atoms with Crippen LogP contribution in [0.4, 0.5) is 5.82 Å². The van der Waals surface area contributed by atoms with Gasteiger partial charge in [0.05, 0.1) is 4.90 Å². The second-order valence-corrected chi connectivity index (χ2v) is 13.1. The van der Waals surface area contributed by atoms with Crippen LogP contribution in [0.2, 0.25) is 0 Å². The molecule has 9 nitrogen and oxygen atoms in total. The van der Waals surface area contributed by atoms with Gasteiger partial charge in [0.15, 0.2) is 5.82 Å². The van der Waals surface area contributed by atoms with Crippen LogP contribution in [-0.4, -0.2) is 42.9 Å². The lowest BCUT2D eigenvalue weighted by molar-refractivity contribution is -0.141. The van der Waals surface area contributed by atoms with Gasteiger partial charge >= 0.3 is 0 Å². The third kappa shape index (κ3) is 6.64. The van der Waals surface area contributed by atoms with Gasteiger partial charge in [0.1, 0.15) is 11.8 Å². The number of nitrogens with two attached hydrogens (primary N) is 1. The number of carbonyl (C=O) groups excluding carboxylic acids is 2. The molecular weight excluding hydrogens is 540 g/mol. The van der Waals surface area contributed by atoms with Gasteiger partial charge in [-0.3, -0.25) is 9.59 Å². The Morgan fingerprint density at radius 1 is 1.07 bits per heavy atom. The van der Waals surface area contributed by atoms with Gasteiger partial charge in [0, 0.05) is 30.6 Å². The van der Waals surface area contributed by atoms with E-state index in [2.05, 4.69) is 5.16 Å². The first kappa shape index (κ1) is 30.3. The van der Waals surface area contributed by atoms with Crippen LogP contribution in [0.15, 0.2) is 57.9 Å². The second-order valence-electron chi connectivity index (χ2n) is 11.2. The van der Waals surface area contributed by atoms with Crippen molar-refractivity contribution >= 4 is 27.7 Å². The van der Waals surface area contributed by atoms with Gasteiger partial charge in [0.2, 0.25) is 11.8 Å². The van der Waals surface area contributed by atoms with Crippen molar-refractivity contribution in [3.05, 3.63) is 65.4 Å². The summed E-state index contributed by atoms with van der Waals surface area (Å²) in [4.78, 5) is 27.0. The molecule has 220 valence electrons. The van der Waals surface area contributed by atoms with E-state index in [1.807, 2.05) is 58.0 Å². The summed E-state index contributed by atoms with van der Waals surface area (Å²) >= 11 is 0. The van der Waals surface area contributed by atoms with E-state index in [0.717, 1.165) is 18.4 Å². The number of amides is 2. The number of hydrogen-bond donors (Lipinski definition) is 1. The molecule has 2 amide bonds. The number of aromatic nitrogens is 1. The first-order chi connectivity index (χ1) is 19.4. The number of benzene rings is 2. The molecule has 1 aromatic heterocycles. The van der Waals surface area contributed by atoms with Crippen LogP contribution in [0.25, 0.3) is 11.1 Å². The molecule has 41 heavy (non-hydrogen) atoms. The Kier molecular flexibility index (Phi) is 9.21. The SMILES string of the molecule is CCCC(=O)N(Cc1ccc(-c2ccccc2S(=O)(=O)N(CC2CC2)c2noc(C)c2C)cc1)[C@H](C(N)=O)C(C)C. The van der Waals surface area contributed by atoms with Gasteiger partial charge in [0.25, 0.3) is 10.0 Å². The molecule has 2 N–H and O–H groups in total.